The van der Waals surface area contributed by atoms with E-state index < -0.39 is 0 Å². The number of rotatable bonds is 3. The Kier molecular flexibility index (Phi) is 4.84. The highest BCUT2D eigenvalue weighted by molar-refractivity contribution is 5.85. The van der Waals surface area contributed by atoms with E-state index in [0.29, 0.717) is 28.5 Å². The molecule has 1 saturated heterocycles. The Balaban J connectivity index is 0.00000196. The molecular weight excluding hydrogens is 356 g/mol. The topological polar surface area (TPSA) is 132 Å². The molecule has 0 radical (unpaired) electrons. The molecule has 26 heavy (non-hydrogen) atoms. The minimum atomic E-state index is -0.104. The van der Waals surface area contributed by atoms with E-state index in [9.17, 15) is 0 Å². The molecule has 0 aliphatic carbocycles. The van der Waals surface area contributed by atoms with Crippen molar-refractivity contribution >= 4 is 35.1 Å². The highest BCUT2D eigenvalue weighted by Gasteiger charge is 2.27. The Labute approximate surface area is 156 Å². The molecular formula is C16H21ClN8O. The molecule has 0 spiro atoms. The average molecular weight is 377 g/mol. The smallest absolute Gasteiger partial charge is 0.266 e. The van der Waals surface area contributed by atoms with Gasteiger partial charge in [0.15, 0.2) is 16.9 Å². The molecule has 0 atom stereocenters. The van der Waals surface area contributed by atoms with Crippen molar-refractivity contribution in [1.82, 2.24) is 25.1 Å². The first-order valence-electron chi connectivity index (χ1n) is 8.14. The monoisotopic (exact) mass is 376 g/mol. The minimum Gasteiger partial charge on any atom is -0.432 e. The molecule has 1 fully saturated rings. The molecule has 9 nitrogen and oxygen atoms in total. The Bertz CT molecular complexity index is 902. The second-order valence-electron chi connectivity index (χ2n) is 6.61. The van der Waals surface area contributed by atoms with E-state index in [1.54, 1.807) is 18.5 Å². The molecule has 10 heteroatoms. The van der Waals surface area contributed by atoms with Crippen LogP contribution in [0.1, 0.15) is 19.8 Å². The van der Waals surface area contributed by atoms with Crippen LogP contribution in [0.15, 0.2) is 24.7 Å². The maximum Gasteiger partial charge on any atom is 0.266 e. The Morgan fingerprint density at radius 1 is 1.27 bits per heavy atom. The lowest BCUT2D eigenvalue weighted by Gasteiger charge is -2.37. The van der Waals surface area contributed by atoms with Gasteiger partial charge in [0.25, 0.3) is 5.88 Å². The van der Waals surface area contributed by atoms with E-state index in [1.807, 2.05) is 0 Å². The highest BCUT2D eigenvalue weighted by Crippen LogP contribution is 2.30. The number of piperidine rings is 1. The maximum atomic E-state index is 6.19. The van der Waals surface area contributed by atoms with Gasteiger partial charge in [0.1, 0.15) is 5.82 Å². The molecule has 0 amide bonds. The molecule has 3 aromatic rings. The van der Waals surface area contributed by atoms with Crippen molar-refractivity contribution in [2.24, 2.45) is 5.73 Å². The lowest BCUT2D eigenvalue weighted by molar-refractivity contribution is 0.363. The molecule has 1 aliphatic rings. The number of nitrogens with one attached hydrogen (secondary N) is 1. The molecule has 138 valence electrons. The number of anilines is 2. The van der Waals surface area contributed by atoms with Gasteiger partial charge in [-0.3, -0.25) is 10.1 Å². The fourth-order valence-electron chi connectivity index (χ4n) is 2.82. The van der Waals surface area contributed by atoms with Crippen molar-refractivity contribution in [2.45, 2.75) is 25.3 Å². The summed E-state index contributed by atoms with van der Waals surface area (Å²) in [6, 6.07) is 1.66. The predicted molar refractivity (Wildman–Crippen MR) is 102 cm³/mol. The van der Waals surface area contributed by atoms with Crippen LogP contribution >= 0.6 is 12.4 Å². The van der Waals surface area contributed by atoms with Gasteiger partial charge >= 0.3 is 0 Å². The molecule has 0 aromatic carbocycles. The molecule has 1 aliphatic heterocycles. The second kappa shape index (κ2) is 6.93. The van der Waals surface area contributed by atoms with Crippen molar-refractivity contribution in [3.63, 3.8) is 0 Å². The van der Waals surface area contributed by atoms with Gasteiger partial charge < -0.3 is 21.1 Å². The lowest BCUT2D eigenvalue weighted by atomic mass is 9.91. The zero-order valence-corrected chi connectivity index (χ0v) is 15.2. The average Bonchev–Trinajstić information content (AvgIpc) is 2.99. The van der Waals surface area contributed by atoms with Crippen molar-refractivity contribution in [3.8, 4) is 11.6 Å². The quantitative estimate of drug-likeness (QED) is 0.631. The first kappa shape index (κ1) is 18.2. The number of aromatic nitrogens is 5. The molecule has 3 aromatic heterocycles. The van der Waals surface area contributed by atoms with E-state index >= 15 is 0 Å². The molecule has 0 saturated carbocycles. The second-order valence-corrected chi connectivity index (χ2v) is 6.61. The normalized spacial score (nSPS) is 16.3. The van der Waals surface area contributed by atoms with Gasteiger partial charge in [-0.1, -0.05) is 0 Å². The summed E-state index contributed by atoms with van der Waals surface area (Å²) in [7, 11) is 0. The maximum absolute atomic E-state index is 6.19. The van der Waals surface area contributed by atoms with Crippen LogP contribution in [0, 0.1) is 0 Å². The van der Waals surface area contributed by atoms with Gasteiger partial charge in [-0.15, -0.1) is 17.5 Å². The SMILES string of the molecule is CC1(N)CCN(c2cnc3c(Oc4cnccc4N)n[nH]c3n2)CC1.Cl. The minimum absolute atomic E-state index is 0. The standard InChI is InChI=1S/C16H20N8O.ClH/c1-16(18)3-6-24(7-4-16)12-9-20-13-14(21-12)22-23-15(13)25-11-8-19-5-2-10(11)17;/h2,5,8-9H,3-4,6-7,18H2,1H3,(H2,17,19)(H,21,22,23);1H. The van der Waals surface area contributed by atoms with Crippen molar-refractivity contribution in [1.29, 1.82) is 0 Å². The summed E-state index contributed by atoms with van der Waals surface area (Å²) in [5.74, 6) is 1.56. The summed E-state index contributed by atoms with van der Waals surface area (Å²) in [6.07, 6.45) is 6.71. The number of halogens is 1. The number of H-pyrrole nitrogens is 1. The van der Waals surface area contributed by atoms with E-state index in [1.165, 1.54) is 6.20 Å². The van der Waals surface area contributed by atoms with Crippen LogP contribution in [0.2, 0.25) is 0 Å². The summed E-state index contributed by atoms with van der Waals surface area (Å²) in [4.78, 5) is 15.3. The van der Waals surface area contributed by atoms with Gasteiger partial charge in [-0.25, -0.2) is 9.97 Å². The Morgan fingerprint density at radius 3 is 2.77 bits per heavy atom. The molecule has 5 N–H and O–H groups in total. The van der Waals surface area contributed by atoms with E-state index in [0.717, 1.165) is 31.7 Å². The van der Waals surface area contributed by atoms with Crippen molar-refractivity contribution in [3.05, 3.63) is 24.7 Å². The summed E-state index contributed by atoms with van der Waals surface area (Å²) in [5, 5.41) is 7.01. The number of ether oxygens (including phenoxy) is 1. The fourth-order valence-corrected chi connectivity index (χ4v) is 2.82. The van der Waals surface area contributed by atoms with Crippen LogP contribution in [-0.2, 0) is 0 Å². The number of aromatic amines is 1. The number of nitrogen functional groups attached to an aromatic ring is 1. The van der Waals surface area contributed by atoms with Crippen LogP contribution in [0.4, 0.5) is 11.5 Å². The summed E-state index contributed by atoms with van der Waals surface area (Å²) >= 11 is 0. The van der Waals surface area contributed by atoms with Crippen molar-refractivity contribution < 1.29 is 4.74 Å². The zero-order valence-electron chi connectivity index (χ0n) is 14.3. The zero-order chi connectivity index (χ0) is 17.4. The van der Waals surface area contributed by atoms with E-state index in [2.05, 4.69) is 37.0 Å². The first-order chi connectivity index (χ1) is 12.0. The van der Waals surface area contributed by atoms with Gasteiger partial charge in [0.05, 0.1) is 18.1 Å². The number of fused-ring (bicyclic) bond motifs is 1. The molecule has 4 heterocycles. The Morgan fingerprint density at radius 2 is 2.04 bits per heavy atom. The molecule has 0 unspecified atom stereocenters. The van der Waals surface area contributed by atoms with Gasteiger partial charge in [-0.05, 0) is 25.8 Å². The van der Waals surface area contributed by atoms with Crippen LogP contribution in [-0.4, -0.2) is 43.8 Å². The third-order valence-electron chi connectivity index (χ3n) is 4.48. The molecule has 4 rings (SSSR count). The van der Waals surface area contributed by atoms with E-state index in [4.69, 9.17) is 16.2 Å². The summed E-state index contributed by atoms with van der Waals surface area (Å²) in [5.41, 5.74) is 13.5. The predicted octanol–water partition coefficient (Wildman–Crippen LogP) is 1.86. The van der Waals surface area contributed by atoms with Gasteiger partial charge in [-0.2, -0.15) is 0 Å². The summed E-state index contributed by atoms with van der Waals surface area (Å²) in [6.45, 7) is 3.80. The Hall–Kier alpha value is -2.65. The van der Waals surface area contributed by atoms with Crippen LogP contribution < -0.4 is 21.1 Å². The number of nitrogens with two attached hydrogens (primary N) is 2. The van der Waals surface area contributed by atoms with Crippen molar-refractivity contribution in [2.75, 3.05) is 23.7 Å². The third kappa shape index (κ3) is 3.49. The van der Waals surface area contributed by atoms with Crippen LogP contribution in [0.5, 0.6) is 11.6 Å². The number of hydrogen-bond acceptors (Lipinski definition) is 8. The number of hydrogen-bond donors (Lipinski definition) is 3. The fraction of sp³-hybridized carbons (Fsp3) is 0.375. The number of pyridine rings is 1. The number of nitrogens with zero attached hydrogens (tertiary/aromatic N) is 5. The summed E-state index contributed by atoms with van der Waals surface area (Å²) < 4.78 is 5.71. The van der Waals surface area contributed by atoms with Crippen LogP contribution in [0.25, 0.3) is 11.2 Å². The largest absolute Gasteiger partial charge is 0.432 e. The van der Waals surface area contributed by atoms with Gasteiger partial charge in [0, 0.05) is 24.8 Å². The third-order valence-corrected chi connectivity index (χ3v) is 4.48. The molecule has 0 bridgehead atoms. The lowest BCUT2D eigenvalue weighted by Crippen LogP contribution is -2.48. The van der Waals surface area contributed by atoms with E-state index in [-0.39, 0.29) is 17.9 Å². The highest BCUT2D eigenvalue weighted by atomic mass is 35.5. The van der Waals surface area contributed by atoms with Crippen LogP contribution in [0.3, 0.4) is 0 Å². The first-order valence-corrected chi connectivity index (χ1v) is 8.14. The van der Waals surface area contributed by atoms with Gasteiger partial charge in [0.2, 0.25) is 0 Å².